The predicted octanol–water partition coefficient (Wildman–Crippen LogP) is 2.98. The van der Waals surface area contributed by atoms with Gasteiger partial charge in [0.25, 0.3) is 0 Å². The minimum Gasteiger partial charge on any atom is -0.326 e. The highest BCUT2D eigenvalue weighted by Gasteiger charge is 2.39. The van der Waals surface area contributed by atoms with Crippen LogP contribution in [0, 0.1) is 0 Å². The Hall–Kier alpha value is -0.450. The molecular formula is C15H24BrN3. The number of pyridine rings is 1. The van der Waals surface area contributed by atoms with Gasteiger partial charge in [-0.2, -0.15) is 0 Å². The van der Waals surface area contributed by atoms with Gasteiger partial charge in [-0.15, -0.1) is 0 Å². The lowest BCUT2D eigenvalue weighted by Crippen LogP contribution is -2.59. The van der Waals surface area contributed by atoms with Crippen LogP contribution in [0.1, 0.15) is 37.8 Å². The van der Waals surface area contributed by atoms with Crippen LogP contribution in [0.4, 0.5) is 0 Å². The molecule has 0 amide bonds. The molecule has 0 radical (unpaired) electrons. The van der Waals surface area contributed by atoms with E-state index in [1.807, 2.05) is 12.3 Å². The van der Waals surface area contributed by atoms with E-state index in [9.17, 15) is 0 Å². The maximum atomic E-state index is 6.56. The normalized spacial score (nSPS) is 20.5. The van der Waals surface area contributed by atoms with Gasteiger partial charge in [0.05, 0.1) is 0 Å². The molecule has 0 aromatic carbocycles. The van der Waals surface area contributed by atoms with Crippen LogP contribution in [0.5, 0.6) is 0 Å². The summed E-state index contributed by atoms with van der Waals surface area (Å²) < 4.78 is 1.02. The molecule has 2 N–H and O–H groups in total. The summed E-state index contributed by atoms with van der Waals surface area (Å²) in [6, 6.07) is 4.26. The van der Waals surface area contributed by atoms with Crippen LogP contribution in [0.25, 0.3) is 0 Å². The second kappa shape index (κ2) is 6.33. The van der Waals surface area contributed by atoms with Crippen LogP contribution in [0.15, 0.2) is 22.8 Å². The van der Waals surface area contributed by atoms with Gasteiger partial charge in [0.15, 0.2) is 0 Å². The maximum absolute atomic E-state index is 6.56. The van der Waals surface area contributed by atoms with Crippen LogP contribution < -0.4 is 5.73 Å². The molecule has 1 saturated carbocycles. The molecule has 1 aromatic rings. The molecule has 1 aliphatic carbocycles. The van der Waals surface area contributed by atoms with Crippen LogP contribution in [-0.2, 0) is 6.42 Å². The second-order valence-electron chi connectivity index (χ2n) is 5.84. The smallest absolute Gasteiger partial charge is 0.0420 e. The molecule has 1 aliphatic rings. The Bertz CT molecular complexity index is 396. The van der Waals surface area contributed by atoms with E-state index in [-0.39, 0.29) is 11.6 Å². The Morgan fingerprint density at radius 3 is 2.53 bits per heavy atom. The minimum atomic E-state index is 0.146. The fourth-order valence-corrected chi connectivity index (χ4v) is 3.49. The van der Waals surface area contributed by atoms with Gasteiger partial charge in [0.1, 0.15) is 0 Å². The zero-order valence-corrected chi connectivity index (χ0v) is 13.5. The third kappa shape index (κ3) is 3.36. The molecule has 1 fully saturated rings. The molecule has 3 nitrogen and oxygen atoms in total. The van der Waals surface area contributed by atoms with E-state index in [4.69, 9.17) is 5.73 Å². The van der Waals surface area contributed by atoms with Gasteiger partial charge in [0.2, 0.25) is 0 Å². The molecule has 0 spiro atoms. The van der Waals surface area contributed by atoms with Crippen molar-refractivity contribution in [1.82, 2.24) is 9.88 Å². The van der Waals surface area contributed by atoms with Crippen molar-refractivity contribution in [3.8, 4) is 0 Å². The van der Waals surface area contributed by atoms with Crippen molar-refractivity contribution >= 4 is 15.9 Å². The van der Waals surface area contributed by atoms with Gasteiger partial charge in [-0.25, -0.2) is 0 Å². The molecule has 1 unspecified atom stereocenters. The van der Waals surface area contributed by atoms with E-state index in [0.717, 1.165) is 16.6 Å². The van der Waals surface area contributed by atoms with Gasteiger partial charge in [0, 0.05) is 34.4 Å². The molecule has 1 aromatic heterocycles. The lowest BCUT2D eigenvalue weighted by atomic mass is 9.74. The first-order valence-electron chi connectivity index (χ1n) is 7.08. The van der Waals surface area contributed by atoms with E-state index in [0.29, 0.717) is 0 Å². The number of nitrogens with two attached hydrogens (primary N) is 1. The molecule has 4 heteroatoms. The largest absolute Gasteiger partial charge is 0.326 e. The van der Waals surface area contributed by atoms with Crippen molar-refractivity contribution in [3.63, 3.8) is 0 Å². The van der Waals surface area contributed by atoms with Crippen molar-refractivity contribution in [2.45, 2.75) is 50.1 Å². The Balaban J connectivity index is 2.11. The molecule has 106 valence electrons. The average molecular weight is 326 g/mol. The SMILES string of the molecule is CN(C)C1(C(N)Cc2ccc(Br)cn2)CCCCC1. The Kier molecular flexibility index (Phi) is 4.98. The van der Waals surface area contributed by atoms with Gasteiger partial charge >= 0.3 is 0 Å². The minimum absolute atomic E-state index is 0.146. The van der Waals surface area contributed by atoms with Crippen LogP contribution in [-0.4, -0.2) is 35.6 Å². The lowest BCUT2D eigenvalue weighted by Gasteiger charge is -2.47. The van der Waals surface area contributed by atoms with Crippen molar-refractivity contribution in [2.75, 3.05) is 14.1 Å². The quantitative estimate of drug-likeness (QED) is 0.925. The molecule has 1 atom stereocenters. The molecule has 2 rings (SSSR count). The third-order valence-corrected chi connectivity index (χ3v) is 4.99. The van der Waals surface area contributed by atoms with Crippen LogP contribution in [0.3, 0.4) is 0 Å². The van der Waals surface area contributed by atoms with Gasteiger partial charge in [-0.1, -0.05) is 19.3 Å². The molecular weight excluding hydrogens is 302 g/mol. The van der Waals surface area contributed by atoms with Crippen molar-refractivity contribution in [2.24, 2.45) is 5.73 Å². The summed E-state index contributed by atoms with van der Waals surface area (Å²) >= 11 is 3.42. The predicted molar refractivity (Wildman–Crippen MR) is 83.1 cm³/mol. The van der Waals surface area contributed by atoms with Crippen molar-refractivity contribution < 1.29 is 0 Å². The van der Waals surface area contributed by atoms with E-state index in [1.54, 1.807) is 0 Å². The number of likely N-dealkylation sites (N-methyl/N-ethyl adjacent to an activating group) is 1. The summed E-state index contributed by atoms with van der Waals surface area (Å²) in [7, 11) is 4.33. The zero-order valence-electron chi connectivity index (χ0n) is 11.9. The summed E-state index contributed by atoms with van der Waals surface area (Å²) in [4.78, 5) is 6.80. The van der Waals surface area contributed by atoms with Gasteiger partial charge < -0.3 is 10.6 Å². The summed E-state index contributed by atoms with van der Waals surface area (Å²) in [5.41, 5.74) is 7.79. The highest BCUT2D eigenvalue weighted by atomic mass is 79.9. The molecule has 19 heavy (non-hydrogen) atoms. The number of hydrogen-bond donors (Lipinski definition) is 1. The van der Waals surface area contributed by atoms with Crippen LogP contribution in [0.2, 0.25) is 0 Å². The van der Waals surface area contributed by atoms with Crippen LogP contribution >= 0.6 is 15.9 Å². The highest BCUT2D eigenvalue weighted by molar-refractivity contribution is 9.10. The standard InChI is InChI=1S/C15H24BrN3/c1-19(2)15(8-4-3-5-9-15)14(17)10-13-7-6-12(16)11-18-13/h6-7,11,14H,3-5,8-10,17H2,1-2H3. The first kappa shape index (κ1) is 14.9. The molecule has 0 aliphatic heterocycles. The average Bonchev–Trinajstić information content (AvgIpc) is 2.42. The lowest BCUT2D eigenvalue weighted by molar-refractivity contribution is 0.0712. The fourth-order valence-electron chi connectivity index (χ4n) is 3.26. The first-order chi connectivity index (χ1) is 9.04. The Morgan fingerprint density at radius 1 is 1.32 bits per heavy atom. The summed E-state index contributed by atoms with van der Waals surface area (Å²) in [6.07, 6.45) is 9.05. The maximum Gasteiger partial charge on any atom is 0.0420 e. The van der Waals surface area contributed by atoms with Gasteiger partial charge in [-0.05, 0) is 55.0 Å². The summed E-state index contributed by atoms with van der Waals surface area (Å²) in [5, 5.41) is 0. The topological polar surface area (TPSA) is 42.1 Å². The first-order valence-corrected chi connectivity index (χ1v) is 7.87. The fraction of sp³-hybridized carbons (Fsp3) is 0.667. The third-order valence-electron chi connectivity index (χ3n) is 4.52. The Labute approximate surface area is 124 Å². The number of hydrogen-bond acceptors (Lipinski definition) is 3. The molecule has 0 bridgehead atoms. The summed E-state index contributed by atoms with van der Waals surface area (Å²) in [6.45, 7) is 0. The summed E-state index contributed by atoms with van der Waals surface area (Å²) in [5.74, 6) is 0. The second-order valence-corrected chi connectivity index (χ2v) is 6.75. The van der Waals surface area contributed by atoms with E-state index >= 15 is 0 Å². The molecule has 0 saturated heterocycles. The monoisotopic (exact) mass is 325 g/mol. The van der Waals surface area contributed by atoms with Crippen molar-refractivity contribution in [3.05, 3.63) is 28.5 Å². The zero-order chi connectivity index (χ0) is 13.9. The Morgan fingerprint density at radius 2 is 2.00 bits per heavy atom. The van der Waals surface area contributed by atoms with E-state index < -0.39 is 0 Å². The highest BCUT2D eigenvalue weighted by Crippen LogP contribution is 2.35. The van der Waals surface area contributed by atoms with E-state index in [1.165, 1.54) is 32.1 Å². The number of aromatic nitrogens is 1. The number of halogens is 1. The van der Waals surface area contributed by atoms with Gasteiger partial charge in [-0.3, -0.25) is 4.98 Å². The van der Waals surface area contributed by atoms with E-state index in [2.05, 4.69) is 46.0 Å². The molecule has 1 heterocycles. The number of nitrogens with zero attached hydrogens (tertiary/aromatic N) is 2. The van der Waals surface area contributed by atoms with Crippen molar-refractivity contribution in [1.29, 1.82) is 0 Å². The number of rotatable bonds is 4.